The Labute approximate surface area is 160 Å². The van der Waals surface area contributed by atoms with Gasteiger partial charge in [0, 0.05) is 18.0 Å². The smallest absolute Gasteiger partial charge is 0.410 e. The summed E-state index contributed by atoms with van der Waals surface area (Å²) >= 11 is 0. The molecule has 2 saturated heterocycles. The predicted octanol–water partition coefficient (Wildman–Crippen LogP) is 3.74. The number of fused-ring (bicyclic) bond motifs is 2. The van der Waals surface area contributed by atoms with E-state index in [4.69, 9.17) is 14.2 Å². The molecule has 2 heterocycles. The molecule has 27 heavy (non-hydrogen) atoms. The van der Waals surface area contributed by atoms with E-state index >= 15 is 0 Å². The van der Waals surface area contributed by atoms with Gasteiger partial charge < -0.3 is 19.1 Å². The van der Waals surface area contributed by atoms with Gasteiger partial charge >= 0.3 is 12.1 Å². The second-order valence-electron chi connectivity index (χ2n) is 8.35. The second-order valence-corrected chi connectivity index (χ2v) is 8.35. The zero-order valence-electron chi connectivity index (χ0n) is 16.7. The van der Waals surface area contributed by atoms with Crippen LogP contribution in [0.25, 0.3) is 0 Å². The fraction of sp³-hybridized carbons (Fsp3) is 0.619. The molecule has 2 fully saturated rings. The topological polar surface area (TPSA) is 65.1 Å². The Hall–Kier alpha value is -2.24. The van der Waals surface area contributed by atoms with E-state index in [1.54, 1.807) is 12.0 Å². The molecule has 2 bridgehead atoms. The van der Waals surface area contributed by atoms with Crippen molar-refractivity contribution in [3.63, 3.8) is 0 Å². The van der Waals surface area contributed by atoms with Crippen LogP contribution in [-0.4, -0.2) is 48.9 Å². The predicted molar refractivity (Wildman–Crippen MR) is 101 cm³/mol. The summed E-state index contributed by atoms with van der Waals surface area (Å²) in [6.45, 7) is 5.57. The van der Waals surface area contributed by atoms with Crippen molar-refractivity contribution in [2.24, 2.45) is 5.92 Å². The number of carbonyl (C=O) groups is 2. The van der Waals surface area contributed by atoms with Crippen LogP contribution in [0.15, 0.2) is 24.3 Å². The van der Waals surface area contributed by atoms with Gasteiger partial charge in [0.25, 0.3) is 0 Å². The van der Waals surface area contributed by atoms with E-state index in [0.717, 1.165) is 30.6 Å². The molecule has 6 nitrogen and oxygen atoms in total. The van der Waals surface area contributed by atoms with Gasteiger partial charge in [0.05, 0.1) is 20.1 Å². The molecular weight excluding hydrogens is 346 g/mol. The van der Waals surface area contributed by atoms with E-state index in [1.807, 2.05) is 45.0 Å². The van der Waals surface area contributed by atoms with Gasteiger partial charge in [0.1, 0.15) is 11.4 Å². The quantitative estimate of drug-likeness (QED) is 0.753. The minimum atomic E-state index is -0.565. The van der Waals surface area contributed by atoms with Crippen LogP contribution >= 0.6 is 0 Å². The number of nitrogens with zero attached hydrogens (tertiary/aromatic N) is 1. The van der Waals surface area contributed by atoms with Crippen molar-refractivity contribution in [3.05, 3.63) is 29.8 Å². The minimum absolute atomic E-state index is 0.0135. The summed E-state index contributed by atoms with van der Waals surface area (Å²) in [5.74, 6) is 0.131. The van der Waals surface area contributed by atoms with E-state index in [0.29, 0.717) is 0 Å². The Morgan fingerprint density at radius 3 is 2.30 bits per heavy atom. The van der Waals surface area contributed by atoms with Gasteiger partial charge in [-0.15, -0.1) is 0 Å². The van der Waals surface area contributed by atoms with Gasteiger partial charge in [0.2, 0.25) is 0 Å². The van der Waals surface area contributed by atoms with E-state index in [1.165, 1.54) is 7.11 Å². The zero-order valence-corrected chi connectivity index (χ0v) is 16.7. The number of rotatable bonds is 3. The third-order valence-corrected chi connectivity index (χ3v) is 5.54. The van der Waals surface area contributed by atoms with Gasteiger partial charge in [-0.25, -0.2) is 4.79 Å². The highest BCUT2D eigenvalue weighted by Crippen LogP contribution is 2.48. The SMILES string of the molecule is COC(=O)[C@H]1[C@@H](c2ccc(OC)cc2)C[C@H]2CC[C@@H]1N2C(=O)OC(C)(C)C. The Morgan fingerprint density at radius 2 is 1.74 bits per heavy atom. The van der Waals surface area contributed by atoms with Crippen LogP contribution in [0.5, 0.6) is 5.75 Å². The number of hydrogen-bond acceptors (Lipinski definition) is 5. The summed E-state index contributed by atoms with van der Waals surface area (Å²) < 4.78 is 16.0. The number of benzene rings is 1. The Kier molecular flexibility index (Phi) is 5.36. The fourth-order valence-electron chi connectivity index (χ4n) is 4.46. The maximum Gasteiger partial charge on any atom is 0.410 e. The number of amides is 1. The highest BCUT2D eigenvalue weighted by molar-refractivity contribution is 5.78. The van der Waals surface area contributed by atoms with Crippen molar-refractivity contribution in [2.75, 3.05) is 14.2 Å². The summed E-state index contributed by atoms with van der Waals surface area (Å²) in [7, 11) is 3.04. The number of methoxy groups -OCH3 is 2. The van der Waals surface area contributed by atoms with Crippen LogP contribution in [0.1, 0.15) is 51.5 Å². The first-order chi connectivity index (χ1) is 12.7. The van der Waals surface area contributed by atoms with Crippen molar-refractivity contribution in [1.29, 1.82) is 0 Å². The normalized spacial score (nSPS) is 27.2. The Morgan fingerprint density at radius 1 is 1.07 bits per heavy atom. The number of hydrogen-bond donors (Lipinski definition) is 0. The maximum atomic E-state index is 12.8. The minimum Gasteiger partial charge on any atom is -0.497 e. The molecule has 2 aliphatic rings. The molecule has 2 aliphatic heterocycles. The summed E-state index contributed by atoms with van der Waals surface area (Å²) in [4.78, 5) is 27.3. The molecule has 0 saturated carbocycles. The number of ether oxygens (including phenoxy) is 3. The lowest BCUT2D eigenvalue weighted by molar-refractivity contribution is -0.150. The van der Waals surface area contributed by atoms with Crippen LogP contribution in [0, 0.1) is 5.92 Å². The molecule has 1 amide bonds. The standard InChI is InChI=1S/C21H29NO5/c1-21(2,3)27-20(24)22-14-8-11-17(22)18(19(23)26-5)16(12-14)13-6-9-15(25-4)10-7-13/h6-7,9-10,14,16-18H,8,11-12H2,1-5H3/t14-,16-,17+,18+/m1/s1. The Balaban J connectivity index is 1.90. The molecule has 1 aromatic carbocycles. The van der Waals surface area contributed by atoms with Crippen molar-refractivity contribution in [1.82, 2.24) is 4.90 Å². The van der Waals surface area contributed by atoms with Crippen molar-refractivity contribution < 1.29 is 23.8 Å². The van der Waals surface area contributed by atoms with Crippen LogP contribution in [-0.2, 0) is 14.3 Å². The molecule has 0 radical (unpaired) electrons. The van der Waals surface area contributed by atoms with Crippen molar-refractivity contribution >= 4 is 12.1 Å². The number of carbonyl (C=O) groups excluding carboxylic acids is 2. The van der Waals surface area contributed by atoms with Gasteiger partial charge in [-0.1, -0.05) is 12.1 Å². The van der Waals surface area contributed by atoms with Gasteiger partial charge in [-0.2, -0.15) is 0 Å². The molecule has 0 aromatic heterocycles. The van der Waals surface area contributed by atoms with E-state index in [9.17, 15) is 9.59 Å². The van der Waals surface area contributed by atoms with E-state index in [-0.39, 0.29) is 30.1 Å². The highest BCUT2D eigenvalue weighted by atomic mass is 16.6. The second kappa shape index (κ2) is 7.41. The largest absolute Gasteiger partial charge is 0.497 e. The van der Waals surface area contributed by atoms with Gasteiger partial charge in [-0.3, -0.25) is 4.79 Å². The monoisotopic (exact) mass is 375 g/mol. The molecule has 0 aliphatic carbocycles. The third-order valence-electron chi connectivity index (χ3n) is 5.54. The highest BCUT2D eigenvalue weighted by Gasteiger charge is 2.53. The first-order valence-corrected chi connectivity index (χ1v) is 9.48. The summed E-state index contributed by atoms with van der Waals surface area (Å²) in [5.41, 5.74) is 0.511. The summed E-state index contributed by atoms with van der Waals surface area (Å²) in [5, 5.41) is 0. The van der Waals surface area contributed by atoms with Crippen LogP contribution in [0.3, 0.4) is 0 Å². The maximum absolute atomic E-state index is 12.8. The molecule has 0 spiro atoms. The van der Waals surface area contributed by atoms with Crippen molar-refractivity contribution in [3.8, 4) is 5.75 Å². The number of piperidine rings is 1. The fourth-order valence-corrected chi connectivity index (χ4v) is 4.46. The lowest BCUT2D eigenvalue weighted by Crippen LogP contribution is -2.54. The van der Waals surface area contributed by atoms with Crippen molar-refractivity contribution in [2.45, 2.75) is 63.6 Å². The van der Waals surface area contributed by atoms with E-state index < -0.39 is 11.5 Å². The average molecular weight is 375 g/mol. The Bertz CT molecular complexity index is 694. The summed E-state index contributed by atoms with van der Waals surface area (Å²) in [6.07, 6.45) is 2.06. The zero-order chi connectivity index (χ0) is 19.8. The molecule has 0 N–H and O–H groups in total. The van der Waals surface area contributed by atoms with E-state index in [2.05, 4.69) is 0 Å². The lowest BCUT2D eigenvalue weighted by atomic mass is 9.76. The lowest BCUT2D eigenvalue weighted by Gasteiger charge is -2.43. The molecule has 1 aromatic rings. The summed E-state index contributed by atoms with van der Waals surface area (Å²) in [6, 6.07) is 7.71. The molecule has 0 unspecified atom stereocenters. The molecule has 3 rings (SSSR count). The van der Waals surface area contributed by atoms with Crippen LogP contribution < -0.4 is 4.74 Å². The van der Waals surface area contributed by atoms with Crippen LogP contribution in [0.2, 0.25) is 0 Å². The van der Waals surface area contributed by atoms with Crippen LogP contribution in [0.4, 0.5) is 4.79 Å². The first-order valence-electron chi connectivity index (χ1n) is 9.48. The molecule has 6 heteroatoms. The third kappa shape index (κ3) is 3.89. The number of esters is 1. The molecule has 4 atom stereocenters. The van der Waals surface area contributed by atoms with Gasteiger partial charge in [-0.05, 0) is 57.7 Å². The van der Waals surface area contributed by atoms with Gasteiger partial charge in [0.15, 0.2) is 0 Å². The average Bonchev–Trinajstić information content (AvgIpc) is 2.94. The first kappa shape index (κ1) is 19.5. The molecule has 148 valence electrons. The molecular formula is C21H29NO5.